The van der Waals surface area contributed by atoms with Gasteiger partial charge in [0.1, 0.15) is 0 Å². The molecular weight excluding hydrogens is 186 g/mol. The van der Waals surface area contributed by atoms with Crippen molar-refractivity contribution in [3.63, 3.8) is 0 Å². The lowest BCUT2D eigenvalue weighted by Gasteiger charge is -2.11. The van der Waals surface area contributed by atoms with E-state index in [2.05, 4.69) is 19.2 Å². The summed E-state index contributed by atoms with van der Waals surface area (Å²) in [4.78, 5) is 0. The first-order chi connectivity index (χ1) is 7.23. The van der Waals surface area contributed by atoms with Crippen LogP contribution in [0.4, 0.5) is 0 Å². The molecule has 0 aromatic rings. The van der Waals surface area contributed by atoms with E-state index >= 15 is 0 Å². The molecule has 1 saturated carbocycles. The number of hydrogen-bond donors (Lipinski definition) is 1. The Morgan fingerprint density at radius 1 is 1.40 bits per heavy atom. The first kappa shape index (κ1) is 13.0. The minimum atomic E-state index is 0.662. The molecule has 2 heteroatoms. The Kier molecular flexibility index (Phi) is 5.62. The quantitative estimate of drug-likeness (QED) is 0.595. The van der Waals surface area contributed by atoms with Gasteiger partial charge in [0.05, 0.1) is 6.61 Å². The van der Waals surface area contributed by atoms with Crippen molar-refractivity contribution >= 4 is 0 Å². The highest BCUT2D eigenvalue weighted by Crippen LogP contribution is 2.55. The minimum Gasteiger partial charge on any atom is -0.383 e. The Hall–Kier alpha value is -0.0800. The molecule has 1 N–H and O–H groups in total. The van der Waals surface area contributed by atoms with Crippen molar-refractivity contribution in [1.82, 2.24) is 5.32 Å². The third-order valence-corrected chi connectivity index (χ3v) is 3.76. The van der Waals surface area contributed by atoms with Crippen molar-refractivity contribution in [2.45, 2.75) is 46.0 Å². The van der Waals surface area contributed by atoms with E-state index in [0.717, 1.165) is 19.1 Å². The molecule has 0 heterocycles. The van der Waals surface area contributed by atoms with Gasteiger partial charge >= 0.3 is 0 Å². The molecule has 0 aliphatic heterocycles. The number of methoxy groups -OCH3 is 1. The van der Waals surface area contributed by atoms with Crippen molar-refractivity contribution in [2.24, 2.45) is 11.3 Å². The van der Waals surface area contributed by atoms with E-state index < -0.39 is 0 Å². The van der Waals surface area contributed by atoms with E-state index in [1.807, 2.05) is 0 Å². The zero-order valence-electron chi connectivity index (χ0n) is 10.6. The largest absolute Gasteiger partial charge is 0.383 e. The van der Waals surface area contributed by atoms with Crippen LogP contribution in [0.2, 0.25) is 0 Å². The molecule has 1 aliphatic carbocycles. The lowest BCUT2D eigenvalue weighted by molar-refractivity contribution is 0.198. The lowest BCUT2D eigenvalue weighted by atomic mass is 9.98. The van der Waals surface area contributed by atoms with Gasteiger partial charge in [-0.25, -0.2) is 0 Å². The minimum absolute atomic E-state index is 0.662. The maximum atomic E-state index is 5.01. The van der Waals surface area contributed by atoms with Gasteiger partial charge in [0.15, 0.2) is 0 Å². The summed E-state index contributed by atoms with van der Waals surface area (Å²) in [5, 5.41) is 3.47. The summed E-state index contributed by atoms with van der Waals surface area (Å²) in [6.45, 7) is 7.74. The first-order valence-electron chi connectivity index (χ1n) is 6.42. The second kappa shape index (κ2) is 6.49. The van der Waals surface area contributed by atoms with Crippen LogP contribution in [0.3, 0.4) is 0 Å². The van der Waals surface area contributed by atoms with Gasteiger partial charge in [-0.05, 0) is 30.7 Å². The normalized spacial score (nSPS) is 29.4. The summed E-state index contributed by atoms with van der Waals surface area (Å²) in [6, 6.07) is 0. The summed E-state index contributed by atoms with van der Waals surface area (Å²) < 4.78 is 5.01. The molecule has 0 aromatic heterocycles. The van der Waals surface area contributed by atoms with Crippen LogP contribution in [0, 0.1) is 11.3 Å². The average molecular weight is 213 g/mol. The maximum absolute atomic E-state index is 5.01. The predicted octanol–water partition coefficient (Wildman–Crippen LogP) is 2.83. The maximum Gasteiger partial charge on any atom is 0.0587 e. The summed E-state index contributed by atoms with van der Waals surface area (Å²) in [7, 11) is 1.76. The van der Waals surface area contributed by atoms with Crippen LogP contribution >= 0.6 is 0 Å². The molecule has 1 fully saturated rings. The molecule has 0 spiro atoms. The van der Waals surface area contributed by atoms with Crippen molar-refractivity contribution in [3.05, 3.63) is 0 Å². The second-order valence-corrected chi connectivity index (χ2v) is 5.21. The molecule has 2 unspecified atom stereocenters. The molecule has 0 bridgehead atoms. The van der Waals surface area contributed by atoms with E-state index in [4.69, 9.17) is 4.74 Å². The third-order valence-electron chi connectivity index (χ3n) is 3.76. The highest BCUT2D eigenvalue weighted by Gasteiger charge is 2.48. The van der Waals surface area contributed by atoms with Crippen molar-refractivity contribution < 1.29 is 4.74 Å². The molecule has 2 atom stereocenters. The van der Waals surface area contributed by atoms with Gasteiger partial charge in [0.25, 0.3) is 0 Å². The van der Waals surface area contributed by atoms with Crippen molar-refractivity contribution in [2.75, 3.05) is 26.8 Å². The van der Waals surface area contributed by atoms with Crippen molar-refractivity contribution in [3.8, 4) is 0 Å². The summed E-state index contributed by atoms with van der Waals surface area (Å²) in [5.74, 6) is 0.922. The van der Waals surface area contributed by atoms with E-state index in [1.54, 1.807) is 7.11 Å². The summed E-state index contributed by atoms with van der Waals surface area (Å²) >= 11 is 0. The van der Waals surface area contributed by atoms with Crippen LogP contribution in [0.25, 0.3) is 0 Å². The van der Waals surface area contributed by atoms with E-state index in [-0.39, 0.29) is 0 Å². The van der Waals surface area contributed by atoms with E-state index in [0.29, 0.717) is 5.41 Å². The summed E-state index contributed by atoms with van der Waals surface area (Å²) in [5.41, 5.74) is 0.662. The van der Waals surface area contributed by atoms with Crippen LogP contribution in [0.1, 0.15) is 46.0 Å². The number of hydrogen-bond acceptors (Lipinski definition) is 2. The Balaban J connectivity index is 1.99. The van der Waals surface area contributed by atoms with Crippen LogP contribution in [-0.2, 0) is 4.74 Å². The van der Waals surface area contributed by atoms with Crippen LogP contribution in [-0.4, -0.2) is 26.8 Å². The van der Waals surface area contributed by atoms with E-state index in [1.165, 1.54) is 38.6 Å². The molecule has 90 valence electrons. The lowest BCUT2D eigenvalue weighted by Crippen LogP contribution is -2.23. The average Bonchev–Trinajstić information content (AvgIpc) is 2.85. The Labute approximate surface area is 94.8 Å². The highest BCUT2D eigenvalue weighted by molar-refractivity contribution is 4.99. The number of ether oxygens (including phenoxy) is 1. The summed E-state index contributed by atoms with van der Waals surface area (Å²) in [6.07, 6.45) is 7.02. The molecule has 1 aliphatic rings. The Bertz CT molecular complexity index is 172. The molecule has 0 radical (unpaired) electrons. The molecule has 1 rings (SSSR count). The molecule has 0 amide bonds. The van der Waals surface area contributed by atoms with Gasteiger partial charge in [-0.15, -0.1) is 0 Å². The first-order valence-corrected chi connectivity index (χ1v) is 6.42. The number of rotatable bonds is 9. The van der Waals surface area contributed by atoms with E-state index in [9.17, 15) is 0 Å². The zero-order valence-corrected chi connectivity index (χ0v) is 10.6. The van der Waals surface area contributed by atoms with Gasteiger partial charge in [0, 0.05) is 13.7 Å². The zero-order chi connectivity index (χ0) is 11.1. The van der Waals surface area contributed by atoms with Gasteiger partial charge < -0.3 is 10.1 Å². The fourth-order valence-corrected chi connectivity index (χ4v) is 2.36. The second-order valence-electron chi connectivity index (χ2n) is 5.21. The van der Waals surface area contributed by atoms with Gasteiger partial charge in [-0.1, -0.05) is 33.1 Å². The molecule has 2 nitrogen and oxygen atoms in total. The highest BCUT2D eigenvalue weighted by atomic mass is 16.5. The molecule has 0 aromatic carbocycles. The molecule has 15 heavy (non-hydrogen) atoms. The van der Waals surface area contributed by atoms with Crippen LogP contribution in [0.5, 0.6) is 0 Å². The molecular formula is C13H27NO. The fraction of sp³-hybridized carbons (Fsp3) is 1.00. The van der Waals surface area contributed by atoms with Crippen molar-refractivity contribution in [1.29, 1.82) is 0 Å². The molecule has 0 saturated heterocycles. The third kappa shape index (κ3) is 4.52. The van der Waals surface area contributed by atoms with Crippen LogP contribution < -0.4 is 5.32 Å². The smallest absolute Gasteiger partial charge is 0.0587 e. The monoisotopic (exact) mass is 213 g/mol. The standard InChI is InChI=1S/C13H27NO/c1-4-5-6-7-13(2)10-12(13)11-14-8-9-15-3/h12,14H,4-11H2,1-3H3. The van der Waals surface area contributed by atoms with Crippen LogP contribution in [0.15, 0.2) is 0 Å². The topological polar surface area (TPSA) is 21.3 Å². The number of unbranched alkanes of at least 4 members (excludes halogenated alkanes) is 2. The SMILES string of the molecule is CCCCCC1(C)CC1CNCCOC. The van der Waals surface area contributed by atoms with Gasteiger partial charge in [-0.3, -0.25) is 0 Å². The van der Waals surface area contributed by atoms with Gasteiger partial charge in [0.2, 0.25) is 0 Å². The Morgan fingerprint density at radius 3 is 2.87 bits per heavy atom. The van der Waals surface area contributed by atoms with Gasteiger partial charge in [-0.2, -0.15) is 0 Å². The Morgan fingerprint density at radius 2 is 2.20 bits per heavy atom. The predicted molar refractivity (Wildman–Crippen MR) is 65.1 cm³/mol. The fourth-order valence-electron chi connectivity index (χ4n) is 2.36. The number of nitrogens with one attached hydrogen (secondary N) is 1.